The molecule has 2 rings (SSSR count). The highest BCUT2D eigenvalue weighted by Gasteiger charge is 2.31. The molecule has 0 spiro atoms. The van der Waals surface area contributed by atoms with Crippen LogP contribution in [0.3, 0.4) is 0 Å². The van der Waals surface area contributed by atoms with E-state index in [1.807, 2.05) is 7.05 Å². The van der Waals surface area contributed by atoms with E-state index >= 15 is 0 Å². The molecule has 1 atom stereocenters. The van der Waals surface area contributed by atoms with E-state index in [2.05, 4.69) is 5.32 Å². The van der Waals surface area contributed by atoms with Crippen LogP contribution in [0, 0.1) is 5.92 Å². The predicted molar refractivity (Wildman–Crippen MR) is 83.3 cm³/mol. The molecule has 1 aromatic carbocycles. The van der Waals surface area contributed by atoms with Gasteiger partial charge in [0.25, 0.3) is 0 Å². The van der Waals surface area contributed by atoms with Crippen molar-refractivity contribution in [1.29, 1.82) is 0 Å². The monoisotopic (exact) mass is 335 g/mol. The number of halogens is 2. The Balaban J connectivity index is 2.26. The normalized spacial score (nSPS) is 18.4. The molecule has 3 nitrogen and oxygen atoms in total. The number of nitrogens with one attached hydrogen (secondary N) is 1. The first-order chi connectivity index (χ1) is 9.45. The SMILES string of the molecule is CNC(CS(=O)(=O)c1c(Cl)cccc1Cl)C1CCCC1. The molecule has 0 radical (unpaired) electrons. The largest absolute Gasteiger partial charge is 0.316 e. The first-order valence-electron chi connectivity index (χ1n) is 6.79. The molecule has 0 bridgehead atoms. The fourth-order valence-electron chi connectivity index (χ4n) is 2.91. The standard InChI is InChI=1S/C14H19Cl2NO2S/c1-17-13(10-5-2-3-6-10)9-20(18,19)14-11(15)7-4-8-12(14)16/h4,7-8,10,13,17H,2-3,5-6,9H2,1H3. The Kier molecular flexibility index (Phi) is 5.35. The Labute approximate surface area is 130 Å². The molecule has 1 fully saturated rings. The van der Waals surface area contributed by atoms with Crippen LogP contribution in [-0.4, -0.2) is 27.3 Å². The zero-order valence-electron chi connectivity index (χ0n) is 11.4. The first kappa shape index (κ1) is 16.1. The van der Waals surface area contributed by atoms with E-state index in [1.165, 1.54) is 12.8 Å². The summed E-state index contributed by atoms with van der Waals surface area (Å²) in [5.41, 5.74) is 0. The van der Waals surface area contributed by atoms with Gasteiger partial charge in [0.1, 0.15) is 4.90 Å². The van der Waals surface area contributed by atoms with Crippen LogP contribution in [-0.2, 0) is 9.84 Å². The molecule has 1 saturated carbocycles. The molecular weight excluding hydrogens is 317 g/mol. The molecular formula is C14H19Cl2NO2S. The molecule has 0 saturated heterocycles. The van der Waals surface area contributed by atoms with Crippen LogP contribution in [0.2, 0.25) is 10.0 Å². The van der Waals surface area contributed by atoms with Crippen LogP contribution < -0.4 is 5.32 Å². The van der Waals surface area contributed by atoms with Crippen molar-refractivity contribution in [1.82, 2.24) is 5.32 Å². The minimum atomic E-state index is -3.50. The van der Waals surface area contributed by atoms with Gasteiger partial charge in [0.05, 0.1) is 15.8 Å². The van der Waals surface area contributed by atoms with Crippen molar-refractivity contribution in [2.75, 3.05) is 12.8 Å². The van der Waals surface area contributed by atoms with Gasteiger partial charge in [0.15, 0.2) is 9.84 Å². The van der Waals surface area contributed by atoms with Crippen LogP contribution >= 0.6 is 23.2 Å². The molecule has 112 valence electrons. The van der Waals surface area contributed by atoms with Gasteiger partial charge in [-0.2, -0.15) is 0 Å². The van der Waals surface area contributed by atoms with Gasteiger partial charge in [-0.1, -0.05) is 42.1 Å². The average Bonchev–Trinajstić information content (AvgIpc) is 2.89. The summed E-state index contributed by atoms with van der Waals surface area (Å²) in [4.78, 5) is 0.0570. The molecule has 0 amide bonds. The zero-order valence-corrected chi connectivity index (χ0v) is 13.7. The fraction of sp³-hybridized carbons (Fsp3) is 0.571. The van der Waals surface area contributed by atoms with Crippen LogP contribution in [0.5, 0.6) is 0 Å². The molecule has 6 heteroatoms. The molecule has 0 heterocycles. The van der Waals surface area contributed by atoms with Crippen LogP contribution in [0.25, 0.3) is 0 Å². The lowest BCUT2D eigenvalue weighted by Gasteiger charge is -2.23. The summed E-state index contributed by atoms with van der Waals surface area (Å²) >= 11 is 12.0. The third kappa shape index (κ3) is 3.48. The molecule has 20 heavy (non-hydrogen) atoms. The molecule has 1 N–H and O–H groups in total. The highest BCUT2D eigenvalue weighted by Crippen LogP contribution is 2.33. The van der Waals surface area contributed by atoms with Crippen molar-refractivity contribution in [3.05, 3.63) is 28.2 Å². The maximum atomic E-state index is 12.6. The van der Waals surface area contributed by atoms with Crippen molar-refractivity contribution in [3.8, 4) is 0 Å². The summed E-state index contributed by atoms with van der Waals surface area (Å²) in [7, 11) is -1.68. The molecule has 0 aliphatic heterocycles. The predicted octanol–water partition coefficient (Wildman–Crippen LogP) is 3.55. The summed E-state index contributed by atoms with van der Waals surface area (Å²) in [6.45, 7) is 0. The maximum Gasteiger partial charge on any atom is 0.182 e. The van der Waals surface area contributed by atoms with Crippen LogP contribution in [0.1, 0.15) is 25.7 Å². The molecule has 1 aromatic rings. The summed E-state index contributed by atoms with van der Waals surface area (Å²) in [5, 5.41) is 3.53. The van der Waals surface area contributed by atoms with E-state index in [9.17, 15) is 8.42 Å². The Hall–Kier alpha value is -0.290. The van der Waals surface area contributed by atoms with Gasteiger partial charge < -0.3 is 5.32 Å². The topological polar surface area (TPSA) is 46.2 Å². The Bertz CT molecular complexity index is 548. The Morgan fingerprint density at radius 2 is 1.80 bits per heavy atom. The average molecular weight is 336 g/mol. The van der Waals surface area contributed by atoms with Gasteiger partial charge in [0.2, 0.25) is 0 Å². The summed E-state index contributed by atoms with van der Waals surface area (Å²) < 4.78 is 25.2. The number of sulfone groups is 1. The van der Waals surface area contributed by atoms with Gasteiger partial charge in [-0.05, 0) is 37.9 Å². The fourth-order valence-corrected chi connectivity index (χ4v) is 5.83. The smallest absolute Gasteiger partial charge is 0.182 e. The molecule has 1 aliphatic carbocycles. The second-order valence-corrected chi connectivity index (χ2v) is 8.06. The molecule has 1 unspecified atom stereocenters. The van der Waals surface area contributed by atoms with E-state index in [0.717, 1.165) is 12.8 Å². The highest BCUT2D eigenvalue weighted by molar-refractivity contribution is 7.91. The highest BCUT2D eigenvalue weighted by atomic mass is 35.5. The number of hydrogen-bond acceptors (Lipinski definition) is 3. The van der Waals surface area contributed by atoms with E-state index in [-0.39, 0.29) is 26.7 Å². The first-order valence-corrected chi connectivity index (χ1v) is 9.20. The van der Waals surface area contributed by atoms with Crippen LogP contribution in [0.4, 0.5) is 0 Å². The van der Waals surface area contributed by atoms with Gasteiger partial charge in [0, 0.05) is 6.04 Å². The van der Waals surface area contributed by atoms with Crippen molar-refractivity contribution in [2.24, 2.45) is 5.92 Å². The lowest BCUT2D eigenvalue weighted by Crippen LogP contribution is -2.38. The van der Waals surface area contributed by atoms with Gasteiger partial charge in [-0.25, -0.2) is 8.42 Å². The second-order valence-electron chi connectivity index (χ2n) is 5.27. The van der Waals surface area contributed by atoms with Crippen molar-refractivity contribution < 1.29 is 8.42 Å². The molecule has 0 aromatic heterocycles. The van der Waals surface area contributed by atoms with E-state index in [1.54, 1.807) is 18.2 Å². The number of rotatable bonds is 5. The van der Waals surface area contributed by atoms with Crippen molar-refractivity contribution in [3.63, 3.8) is 0 Å². The third-order valence-electron chi connectivity index (χ3n) is 3.97. The molecule has 1 aliphatic rings. The minimum Gasteiger partial charge on any atom is -0.316 e. The number of benzene rings is 1. The van der Waals surface area contributed by atoms with Gasteiger partial charge in [-0.3, -0.25) is 0 Å². The van der Waals surface area contributed by atoms with Gasteiger partial charge >= 0.3 is 0 Å². The lowest BCUT2D eigenvalue weighted by molar-refractivity contribution is 0.404. The van der Waals surface area contributed by atoms with Crippen molar-refractivity contribution in [2.45, 2.75) is 36.6 Å². The number of hydrogen-bond donors (Lipinski definition) is 1. The summed E-state index contributed by atoms with van der Waals surface area (Å²) in [6.07, 6.45) is 4.51. The quantitative estimate of drug-likeness (QED) is 0.894. The van der Waals surface area contributed by atoms with E-state index in [4.69, 9.17) is 23.2 Å². The maximum absolute atomic E-state index is 12.6. The summed E-state index contributed by atoms with van der Waals surface area (Å²) in [5.74, 6) is 0.452. The minimum absolute atomic E-state index is 0.0393. The van der Waals surface area contributed by atoms with Crippen LogP contribution in [0.15, 0.2) is 23.1 Å². The zero-order chi connectivity index (χ0) is 14.8. The second kappa shape index (κ2) is 6.65. The van der Waals surface area contributed by atoms with E-state index < -0.39 is 9.84 Å². The van der Waals surface area contributed by atoms with Crippen molar-refractivity contribution >= 4 is 33.0 Å². The Morgan fingerprint density at radius 3 is 2.30 bits per heavy atom. The Morgan fingerprint density at radius 1 is 1.25 bits per heavy atom. The van der Waals surface area contributed by atoms with Gasteiger partial charge in [-0.15, -0.1) is 0 Å². The van der Waals surface area contributed by atoms with E-state index in [0.29, 0.717) is 5.92 Å². The third-order valence-corrected chi connectivity index (χ3v) is 6.68. The lowest BCUT2D eigenvalue weighted by atomic mass is 10.0. The summed E-state index contributed by atoms with van der Waals surface area (Å²) in [6, 6.07) is 4.72.